The van der Waals surface area contributed by atoms with Crippen molar-refractivity contribution in [3.63, 3.8) is 0 Å². The summed E-state index contributed by atoms with van der Waals surface area (Å²) in [6.45, 7) is 0. The number of carboxylic acids is 1. The maximum atomic E-state index is 10.8. The number of halogens is 1. The highest BCUT2D eigenvalue weighted by molar-refractivity contribution is 7.18. The van der Waals surface area contributed by atoms with Crippen LogP contribution in [0.15, 0.2) is 17.5 Å². The molecule has 0 spiro atoms. The van der Waals surface area contributed by atoms with E-state index < -0.39 is 5.97 Å². The molecule has 14 heavy (non-hydrogen) atoms. The molecule has 2 rings (SSSR count). The minimum absolute atomic E-state index is 0.270. The maximum Gasteiger partial charge on any atom is 0.337 e. The summed E-state index contributed by atoms with van der Waals surface area (Å²) in [5.74, 6) is -0.947. The van der Waals surface area contributed by atoms with Gasteiger partial charge in [0.1, 0.15) is 0 Å². The number of hydrogen-bond acceptors (Lipinski definition) is 3. The molecule has 0 radical (unpaired) electrons. The summed E-state index contributed by atoms with van der Waals surface area (Å²) in [6, 6.07) is 3.29. The SMILES string of the molecule is Nc1ccc2c(C(=O)O)csc2c1Cl. The van der Waals surface area contributed by atoms with Crippen LogP contribution in [0.5, 0.6) is 0 Å². The first-order valence-corrected chi connectivity index (χ1v) is 5.05. The van der Waals surface area contributed by atoms with Crippen LogP contribution in [0.3, 0.4) is 0 Å². The molecule has 72 valence electrons. The summed E-state index contributed by atoms with van der Waals surface area (Å²) in [6.07, 6.45) is 0. The second-order valence-corrected chi connectivity index (χ2v) is 4.06. The quantitative estimate of drug-likeness (QED) is 0.737. The number of nitrogens with two attached hydrogens (primary N) is 1. The number of fused-ring (bicyclic) bond motifs is 1. The van der Waals surface area contributed by atoms with E-state index in [1.165, 1.54) is 11.3 Å². The lowest BCUT2D eigenvalue weighted by atomic mass is 10.1. The lowest BCUT2D eigenvalue weighted by Crippen LogP contribution is -1.93. The molecule has 0 aliphatic heterocycles. The fraction of sp³-hybridized carbons (Fsp3) is 0. The molecule has 3 N–H and O–H groups in total. The van der Waals surface area contributed by atoms with Gasteiger partial charge in [0.2, 0.25) is 0 Å². The second kappa shape index (κ2) is 3.15. The van der Waals surface area contributed by atoms with Gasteiger partial charge in [0.15, 0.2) is 0 Å². The summed E-state index contributed by atoms with van der Waals surface area (Å²) in [5.41, 5.74) is 6.34. The number of carboxylic acid groups (broad SMARTS) is 1. The van der Waals surface area contributed by atoms with E-state index in [0.29, 0.717) is 16.1 Å². The van der Waals surface area contributed by atoms with Gasteiger partial charge in [0, 0.05) is 10.8 Å². The van der Waals surface area contributed by atoms with E-state index in [1.54, 1.807) is 17.5 Å². The second-order valence-electron chi connectivity index (χ2n) is 2.80. The highest BCUT2D eigenvalue weighted by Gasteiger charge is 2.13. The number of nitrogen functional groups attached to an aromatic ring is 1. The fourth-order valence-electron chi connectivity index (χ4n) is 1.25. The number of anilines is 1. The van der Waals surface area contributed by atoms with Crippen molar-refractivity contribution in [2.75, 3.05) is 5.73 Å². The average Bonchev–Trinajstić information content (AvgIpc) is 2.55. The Morgan fingerprint density at radius 2 is 2.21 bits per heavy atom. The molecule has 5 heteroatoms. The highest BCUT2D eigenvalue weighted by Crippen LogP contribution is 2.35. The predicted octanol–water partition coefficient (Wildman–Crippen LogP) is 2.84. The zero-order valence-corrected chi connectivity index (χ0v) is 8.52. The third kappa shape index (κ3) is 1.23. The number of thiophene rings is 1. The monoisotopic (exact) mass is 227 g/mol. The normalized spacial score (nSPS) is 10.6. The number of hydrogen-bond donors (Lipinski definition) is 2. The molecule has 0 atom stereocenters. The zero-order valence-electron chi connectivity index (χ0n) is 6.95. The summed E-state index contributed by atoms with van der Waals surface area (Å²) in [4.78, 5) is 10.8. The molecule has 0 fully saturated rings. The van der Waals surface area contributed by atoms with Crippen molar-refractivity contribution in [3.8, 4) is 0 Å². The van der Waals surface area contributed by atoms with Crippen LogP contribution in [-0.2, 0) is 0 Å². The lowest BCUT2D eigenvalue weighted by molar-refractivity contribution is 0.0699. The minimum atomic E-state index is -0.947. The number of benzene rings is 1. The Morgan fingerprint density at radius 3 is 2.86 bits per heavy atom. The molecular formula is C9H6ClNO2S. The van der Waals surface area contributed by atoms with Gasteiger partial charge in [0.25, 0.3) is 0 Å². The average molecular weight is 228 g/mol. The molecular weight excluding hydrogens is 222 g/mol. The van der Waals surface area contributed by atoms with E-state index in [9.17, 15) is 4.79 Å². The lowest BCUT2D eigenvalue weighted by Gasteiger charge is -1.98. The third-order valence-corrected chi connectivity index (χ3v) is 3.47. The Balaban J connectivity index is 2.83. The van der Waals surface area contributed by atoms with Crippen LogP contribution >= 0.6 is 22.9 Å². The van der Waals surface area contributed by atoms with Crippen LogP contribution in [0, 0.1) is 0 Å². The van der Waals surface area contributed by atoms with Crippen molar-refractivity contribution in [2.45, 2.75) is 0 Å². The molecule has 0 unspecified atom stereocenters. The van der Waals surface area contributed by atoms with Gasteiger partial charge in [-0.1, -0.05) is 17.7 Å². The van der Waals surface area contributed by atoms with Gasteiger partial charge in [-0.3, -0.25) is 0 Å². The highest BCUT2D eigenvalue weighted by atomic mass is 35.5. The number of rotatable bonds is 1. The van der Waals surface area contributed by atoms with Gasteiger partial charge in [0.05, 0.1) is 21.0 Å². The molecule has 1 aromatic carbocycles. The summed E-state index contributed by atoms with van der Waals surface area (Å²) in [5, 5.41) is 11.5. The molecule has 1 heterocycles. The summed E-state index contributed by atoms with van der Waals surface area (Å²) in [7, 11) is 0. The van der Waals surface area contributed by atoms with E-state index in [1.807, 2.05) is 0 Å². The molecule has 2 aromatic rings. The Labute approximate surface area is 88.7 Å². The Kier molecular flexibility index (Phi) is 2.09. The molecule has 0 amide bonds. The van der Waals surface area contributed by atoms with E-state index in [-0.39, 0.29) is 5.56 Å². The maximum absolute atomic E-state index is 10.8. The van der Waals surface area contributed by atoms with Crippen LogP contribution in [0.1, 0.15) is 10.4 Å². The number of carbonyl (C=O) groups is 1. The molecule has 0 aliphatic rings. The van der Waals surface area contributed by atoms with E-state index in [4.69, 9.17) is 22.4 Å². The van der Waals surface area contributed by atoms with Crippen molar-refractivity contribution >= 4 is 44.7 Å². The van der Waals surface area contributed by atoms with Crippen molar-refractivity contribution in [3.05, 3.63) is 28.1 Å². The zero-order chi connectivity index (χ0) is 10.3. The standard InChI is InChI=1S/C9H6ClNO2S/c10-7-6(11)2-1-4-5(9(12)13)3-14-8(4)7/h1-3H,11H2,(H,12,13). The largest absolute Gasteiger partial charge is 0.478 e. The van der Waals surface area contributed by atoms with E-state index in [2.05, 4.69) is 0 Å². The first-order valence-electron chi connectivity index (χ1n) is 3.79. The van der Waals surface area contributed by atoms with Crippen LogP contribution in [0.4, 0.5) is 5.69 Å². The van der Waals surface area contributed by atoms with Crippen molar-refractivity contribution in [1.29, 1.82) is 0 Å². The predicted molar refractivity (Wildman–Crippen MR) is 58.2 cm³/mol. The smallest absolute Gasteiger partial charge is 0.337 e. The summed E-state index contributed by atoms with van der Waals surface area (Å²) >= 11 is 7.23. The van der Waals surface area contributed by atoms with E-state index in [0.717, 1.165) is 4.70 Å². The van der Waals surface area contributed by atoms with Gasteiger partial charge in [-0.25, -0.2) is 4.79 Å². The van der Waals surface area contributed by atoms with Crippen LogP contribution < -0.4 is 5.73 Å². The Hall–Kier alpha value is -1.26. The van der Waals surface area contributed by atoms with Crippen molar-refractivity contribution in [1.82, 2.24) is 0 Å². The van der Waals surface area contributed by atoms with Gasteiger partial charge >= 0.3 is 5.97 Å². The number of aromatic carboxylic acids is 1. The van der Waals surface area contributed by atoms with Gasteiger partial charge in [-0.2, -0.15) is 0 Å². The minimum Gasteiger partial charge on any atom is -0.478 e. The Morgan fingerprint density at radius 1 is 1.50 bits per heavy atom. The molecule has 3 nitrogen and oxygen atoms in total. The van der Waals surface area contributed by atoms with Crippen LogP contribution in [0.2, 0.25) is 5.02 Å². The fourth-order valence-corrected chi connectivity index (χ4v) is 2.53. The van der Waals surface area contributed by atoms with Crippen molar-refractivity contribution in [2.24, 2.45) is 0 Å². The van der Waals surface area contributed by atoms with Gasteiger partial charge < -0.3 is 10.8 Å². The molecule has 1 aromatic heterocycles. The summed E-state index contributed by atoms with van der Waals surface area (Å²) < 4.78 is 0.726. The van der Waals surface area contributed by atoms with Gasteiger partial charge in [-0.15, -0.1) is 11.3 Å². The van der Waals surface area contributed by atoms with Crippen LogP contribution in [0.25, 0.3) is 10.1 Å². The first kappa shape index (κ1) is 9.30. The molecule has 0 saturated carbocycles. The molecule has 0 saturated heterocycles. The van der Waals surface area contributed by atoms with Gasteiger partial charge in [-0.05, 0) is 6.07 Å². The molecule has 0 bridgehead atoms. The van der Waals surface area contributed by atoms with E-state index >= 15 is 0 Å². The van der Waals surface area contributed by atoms with Crippen LogP contribution in [-0.4, -0.2) is 11.1 Å². The topological polar surface area (TPSA) is 63.3 Å². The third-order valence-electron chi connectivity index (χ3n) is 1.94. The first-order chi connectivity index (χ1) is 6.61. The van der Waals surface area contributed by atoms with Crippen molar-refractivity contribution < 1.29 is 9.90 Å². The Bertz CT molecular complexity index is 521. The molecule has 0 aliphatic carbocycles.